The number of esters is 1. The Balaban J connectivity index is 1.66. The highest BCUT2D eigenvalue weighted by Crippen LogP contribution is 2.35. The number of amides is 1. The summed E-state index contributed by atoms with van der Waals surface area (Å²) in [7, 11) is 0. The second-order valence-corrected chi connectivity index (χ2v) is 9.04. The van der Waals surface area contributed by atoms with Gasteiger partial charge in [0.25, 0.3) is 0 Å². The molecule has 0 N–H and O–H groups in total. The van der Waals surface area contributed by atoms with Crippen molar-refractivity contribution in [2.75, 3.05) is 32.8 Å². The smallest absolute Gasteiger partial charge is 0.397 e. The van der Waals surface area contributed by atoms with Gasteiger partial charge in [-0.05, 0) is 49.9 Å². The highest BCUT2D eigenvalue weighted by Gasteiger charge is 2.35. The molecular weight excluding hydrogens is 392 g/mol. The number of hydrogen-bond acceptors (Lipinski definition) is 5. The zero-order valence-electron chi connectivity index (χ0n) is 19.1. The molecule has 7 heteroatoms. The van der Waals surface area contributed by atoms with E-state index in [-0.39, 0.29) is 12.6 Å². The lowest BCUT2D eigenvalue weighted by Crippen LogP contribution is -2.45. The van der Waals surface area contributed by atoms with Crippen LogP contribution < -0.4 is 0 Å². The zero-order chi connectivity index (χ0) is 22.1. The Morgan fingerprint density at radius 2 is 1.94 bits per heavy atom. The van der Waals surface area contributed by atoms with Gasteiger partial charge in [-0.2, -0.15) is 0 Å². The molecule has 0 saturated carbocycles. The quantitative estimate of drug-likeness (QED) is 0.556. The number of hydrogen-bond donors (Lipinski definition) is 0. The predicted molar refractivity (Wildman–Crippen MR) is 120 cm³/mol. The summed E-state index contributed by atoms with van der Waals surface area (Å²) < 4.78 is 7.34. The van der Waals surface area contributed by atoms with E-state index >= 15 is 0 Å². The number of rotatable bonds is 3. The number of piperidine rings is 1. The van der Waals surface area contributed by atoms with Crippen LogP contribution in [0.5, 0.6) is 0 Å². The molecule has 1 fully saturated rings. The Bertz CT molecular complexity index is 969. The van der Waals surface area contributed by atoms with E-state index < -0.39 is 11.9 Å². The first-order valence-corrected chi connectivity index (χ1v) is 11.6. The van der Waals surface area contributed by atoms with Crippen LogP contribution in [0.4, 0.5) is 0 Å². The maximum absolute atomic E-state index is 12.8. The highest BCUT2D eigenvalue weighted by molar-refractivity contribution is 6.32. The molecule has 1 saturated heterocycles. The molecule has 0 bridgehead atoms. The fourth-order valence-corrected chi connectivity index (χ4v) is 5.11. The summed E-state index contributed by atoms with van der Waals surface area (Å²) in [6.07, 6.45) is 1.87. The van der Waals surface area contributed by atoms with Gasteiger partial charge in [-0.15, -0.1) is 0 Å². The minimum atomic E-state index is -0.759. The van der Waals surface area contributed by atoms with Crippen molar-refractivity contribution in [3.63, 3.8) is 0 Å². The molecule has 0 spiro atoms. The van der Waals surface area contributed by atoms with E-state index in [9.17, 15) is 9.59 Å². The molecule has 4 rings (SSSR count). The fraction of sp³-hybridized carbons (Fsp3) is 0.625. The van der Waals surface area contributed by atoms with Crippen molar-refractivity contribution < 1.29 is 14.3 Å². The topological polar surface area (TPSA) is 67.7 Å². The Morgan fingerprint density at radius 1 is 1.13 bits per heavy atom. The number of fused-ring (bicyclic) bond motifs is 3. The van der Waals surface area contributed by atoms with Gasteiger partial charge in [-0.25, -0.2) is 9.78 Å². The van der Waals surface area contributed by atoms with E-state index in [1.54, 1.807) is 11.8 Å². The van der Waals surface area contributed by atoms with Crippen molar-refractivity contribution in [3.05, 3.63) is 29.6 Å². The number of benzene rings is 1. The summed E-state index contributed by atoms with van der Waals surface area (Å²) in [6.45, 7) is 13.1. The van der Waals surface area contributed by atoms with Gasteiger partial charge in [0, 0.05) is 32.1 Å². The lowest BCUT2D eigenvalue weighted by molar-refractivity contribution is -0.162. The number of likely N-dealkylation sites (tertiary alicyclic amines) is 1. The third-order valence-electron chi connectivity index (χ3n) is 6.77. The summed E-state index contributed by atoms with van der Waals surface area (Å²) in [5.41, 5.74) is 3.18. The number of aromatic nitrogens is 2. The second-order valence-electron chi connectivity index (χ2n) is 9.04. The highest BCUT2D eigenvalue weighted by atomic mass is 16.5. The van der Waals surface area contributed by atoms with E-state index in [1.807, 2.05) is 0 Å². The van der Waals surface area contributed by atoms with Crippen molar-refractivity contribution in [1.29, 1.82) is 0 Å². The molecule has 0 aliphatic carbocycles. The van der Waals surface area contributed by atoms with Gasteiger partial charge >= 0.3 is 11.9 Å². The normalized spacial score (nSPS) is 24.6. The number of carbonyl (C=O) groups excluding carboxylic acids is 2. The SMILES string of the molecule is CCOC(=O)C(=O)N1C[C@@H](C)CC[C@@H]1c1ccc2c(c1)nc1n2CCN(CC)CC1C. The molecule has 1 aromatic carbocycles. The van der Waals surface area contributed by atoms with Gasteiger partial charge in [0.05, 0.1) is 23.7 Å². The first-order valence-electron chi connectivity index (χ1n) is 11.6. The molecule has 1 amide bonds. The van der Waals surface area contributed by atoms with Gasteiger partial charge in [-0.1, -0.05) is 26.8 Å². The number of likely N-dealkylation sites (N-methyl/N-ethyl adjacent to an activating group) is 1. The molecule has 7 nitrogen and oxygen atoms in total. The summed E-state index contributed by atoms with van der Waals surface area (Å²) in [5, 5.41) is 0. The summed E-state index contributed by atoms with van der Waals surface area (Å²) in [4.78, 5) is 34.2. The van der Waals surface area contributed by atoms with E-state index in [0.29, 0.717) is 18.4 Å². The van der Waals surface area contributed by atoms with E-state index in [1.165, 1.54) is 0 Å². The van der Waals surface area contributed by atoms with E-state index in [4.69, 9.17) is 9.72 Å². The fourth-order valence-electron chi connectivity index (χ4n) is 5.11. The molecule has 1 unspecified atom stereocenters. The maximum atomic E-state index is 12.8. The molecule has 1 aromatic heterocycles. The standard InChI is InChI=1S/C24H34N4O3/c1-5-26-11-12-27-21-10-8-18(13-19(21)25-22(27)17(4)15-26)20-9-7-16(3)14-28(20)23(29)24(30)31-6-2/h8,10,13,16-17,20H,5-7,9,11-12,14-15H2,1-4H3/t16-,17?,20+/m0/s1. The van der Waals surface area contributed by atoms with Crippen LogP contribution in [0.1, 0.15) is 63.9 Å². The molecular formula is C24H34N4O3. The molecule has 3 heterocycles. The van der Waals surface area contributed by atoms with Crippen molar-refractivity contribution in [2.45, 2.75) is 59.0 Å². The Hall–Kier alpha value is -2.41. The molecule has 0 radical (unpaired) electrons. The summed E-state index contributed by atoms with van der Waals surface area (Å²) >= 11 is 0. The van der Waals surface area contributed by atoms with E-state index in [0.717, 1.165) is 61.4 Å². The van der Waals surface area contributed by atoms with Gasteiger partial charge in [0.15, 0.2) is 0 Å². The van der Waals surface area contributed by atoms with Crippen LogP contribution in [0.15, 0.2) is 18.2 Å². The predicted octanol–water partition coefficient (Wildman–Crippen LogP) is 3.34. The number of carbonyl (C=O) groups is 2. The Kier molecular flexibility index (Phi) is 6.32. The summed E-state index contributed by atoms with van der Waals surface area (Å²) in [6, 6.07) is 6.25. The number of ether oxygens (including phenoxy) is 1. The van der Waals surface area contributed by atoms with Gasteiger partial charge in [-0.3, -0.25) is 4.79 Å². The molecule has 3 atom stereocenters. The van der Waals surface area contributed by atoms with Gasteiger partial charge in [0.2, 0.25) is 0 Å². The second kappa shape index (κ2) is 8.99. The molecule has 168 valence electrons. The third kappa shape index (κ3) is 4.20. The first-order chi connectivity index (χ1) is 14.9. The van der Waals surface area contributed by atoms with Gasteiger partial charge < -0.3 is 19.1 Å². The van der Waals surface area contributed by atoms with Crippen LogP contribution in [-0.2, 0) is 20.9 Å². The number of nitrogens with zero attached hydrogens (tertiary/aromatic N) is 4. The van der Waals surface area contributed by atoms with Crippen LogP contribution >= 0.6 is 0 Å². The Morgan fingerprint density at radius 3 is 2.68 bits per heavy atom. The van der Waals surface area contributed by atoms with Crippen LogP contribution in [0.2, 0.25) is 0 Å². The van der Waals surface area contributed by atoms with Crippen LogP contribution in [0, 0.1) is 5.92 Å². The zero-order valence-corrected chi connectivity index (χ0v) is 19.1. The van der Waals surface area contributed by atoms with Crippen LogP contribution in [0.25, 0.3) is 11.0 Å². The molecule has 31 heavy (non-hydrogen) atoms. The Labute approximate surface area is 184 Å². The van der Waals surface area contributed by atoms with Crippen molar-refractivity contribution in [3.8, 4) is 0 Å². The molecule has 2 aliphatic rings. The third-order valence-corrected chi connectivity index (χ3v) is 6.77. The lowest BCUT2D eigenvalue weighted by atomic mass is 9.89. The minimum Gasteiger partial charge on any atom is -0.459 e. The van der Waals surface area contributed by atoms with Crippen LogP contribution in [0.3, 0.4) is 0 Å². The van der Waals surface area contributed by atoms with E-state index in [2.05, 4.69) is 48.4 Å². The largest absolute Gasteiger partial charge is 0.459 e. The molecule has 2 aliphatic heterocycles. The van der Waals surface area contributed by atoms with Crippen molar-refractivity contribution in [2.24, 2.45) is 5.92 Å². The van der Waals surface area contributed by atoms with Crippen molar-refractivity contribution in [1.82, 2.24) is 19.4 Å². The number of imidazole rings is 1. The monoisotopic (exact) mass is 426 g/mol. The minimum absolute atomic E-state index is 0.119. The lowest BCUT2D eigenvalue weighted by Gasteiger charge is -2.38. The summed E-state index contributed by atoms with van der Waals surface area (Å²) in [5.74, 6) is 0.581. The van der Waals surface area contributed by atoms with Crippen LogP contribution in [-0.4, -0.2) is 64.0 Å². The average Bonchev–Trinajstić information content (AvgIpc) is 3.05. The van der Waals surface area contributed by atoms with Gasteiger partial charge in [0.1, 0.15) is 5.82 Å². The average molecular weight is 427 g/mol. The molecule has 2 aromatic rings. The van der Waals surface area contributed by atoms with Crippen molar-refractivity contribution >= 4 is 22.9 Å². The first kappa shape index (κ1) is 21.8. The maximum Gasteiger partial charge on any atom is 0.397 e.